The van der Waals surface area contributed by atoms with Gasteiger partial charge in [-0.15, -0.1) is 0 Å². The average molecular weight is 326 g/mol. The molecule has 3 aromatic rings. The Labute approximate surface area is 138 Å². The minimum absolute atomic E-state index is 0.0318. The molecule has 24 heavy (non-hydrogen) atoms. The number of hydrogen-bond acceptors (Lipinski definition) is 5. The zero-order valence-corrected chi connectivity index (χ0v) is 13.5. The smallest absolute Gasteiger partial charge is 0.290 e. The predicted molar refractivity (Wildman–Crippen MR) is 86.5 cm³/mol. The number of amides is 1. The molecule has 0 radical (unpaired) electrons. The molecule has 1 N–H and O–H groups in total. The fourth-order valence-corrected chi connectivity index (χ4v) is 3.24. The van der Waals surface area contributed by atoms with E-state index in [0.717, 1.165) is 10.9 Å². The zero-order chi connectivity index (χ0) is 16.7. The molecule has 4 rings (SSSR count). The number of aromatic amines is 1. The Kier molecular flexibility index (Phi) is 3.57. The van der Waals surface area contributed by atoms with Crippen LogP contribution in [0.4, 0.5) is 0 Å². The number of carbonyl (C=O) groups is 1. The molecule has 1 aliphatic rings. The molecule has 0 bridgehead atoms. The number of ether oxygens (including phenoxy) is 1. The van der Waals surface area contributed by atoms with E-state index in [0.29, 0.717) is 30.1 Å². The summed E-state index contributed by atoms with van der Waals surface area (Å²) < 4.78 is 11.2. The van der Waals surface area contributed by atoms with E-state index in [2.05, 4.69) is 15.2 Å². The molecule has 2 atom stereocenters. The third-order valence-electron chi connectivity index (χ3n) is 4.49. The van der Waals surface area contributed by atoms with Gasteiger partial charge in [0, 0.05) is 25.5 Å². The van der Waals surface area contributed by atoms with Crippen LogP contribution >= 0.6 is 0 Å². The molecule has 3 heterocycles. The molecular weight excluding hydrogens is 308 g/mol. The highest BCUT2D eigenvalue weighted by atomic mass is 16.5. The van der Waals surface area contributed by atoms with Crippen LogP contribution in [-0.4, -0.2) is 45.7 Å². The first-order valence-corrected chi connectivity index (χ1v) is 7.85. The highest BCUT2D eigenvalue weighted by molar-refractivity contribution is 5.96. The normalized spacial score (nSPS) is 20.8. The van der Waals surface area contributed by atoms with E-state index >= 15 is 0 Å². The van der Waals surface area contributed by atoms with Gasteiger partial charge in [0.15, 0.2) is 5.76 Å². The second-order valence-electron chi connectivity index (χ2n) is 6.09. The number of aromatic nitrogens is 3. The molecule has 1 aromatic carbocycles. The van der Waals surface area contributed by atoms with Crippen LogP contribution in [0.15, 0.2) is 35.0 Å². The molecule has 0 spiro atoms. The first kappa shape index (κ1) is 14.9. The van der Waals surface area contributed by atoms with Gasteiger partial charge < -0.3 is 14.1 Å². The molecule has 1 aliphatic heterocycles. The number of fused-ring (bicyclic) bond motifs is 1. The van der Waals surface area contributed by atoms with Crippen LogP contribution in [0.1, 0.15) is 34.4 Å². The largest absolute Gasteiger partial charge is 0.451 e. The molecule has 1 amide bonds. The lowest BCUT2D eigenvalue weighted by Crippen LogP contribution is -2.32. The number of aryl methyl sites for hydroxylation is 1. The Morgan fingerprint density at radius 3 is 3.04 bits per heavy atom. The number of nitrogens with zero attached hydrogens (tertiary/aromatic N) is 3. The first-order valence-electron chi connectivity index (χ1n) is 7.85. The predicted octanol–water partition coefficient (Wildman–Crippen LogP) is 2.46. The van der Waals surface area contributed by atoms with Gasteiger partial charge in [-0.2, -0.15) is 5.10 Å². The van der Waals surface area contributed by atoms with E-state index in [1.54, 1.807) is 18.1 Å². The summed E-state index contributed by atoms with van der Waals surface area (Å²) in [5.41, 5.74) is 1.84. The van der Waals surface area contributed by atoms with Crippen molar-refractivity contribution in [1.82, 2.24) is 20.1 Å². The van der Waals surface area contributed by atoms with Gasteiger partial charge in [0.1, 0.15) is 17.7 Å². The molecule has 0 aliphatic carbocycles. The van der Waals surface area contributed by atoms with Crippen molar-refractivity contribution in [3.05, 3.63) is 47.7 Å². The molecule has 1 fully saturated rings. The minimum atomic E-state index is -0.195. The highest BCUT2D eigenvalue weighted by Crippen LogP contribution is 2.33. The maximum atomic E-state index is 13.0. The summed E-state index contributed by atoms with van der Waals surface area (Å²) in [6.07, 6.45) is 2.09. The summed E-state index contributed by atoms with van der Waals surface area (Å²) >= 11 is 0. The van der Waals surface area contributed by atoms with Crippen LogP contribution in [-0.2, 0) is 4.74 Å². The van der Waals surface area contributed by atoms with Gasteiger partial charge in [-0.05, 0) is 25.1 Å². The topological polar surface area (TPSA) is 84.3 Å². The van der Waals surface area contributed by atoms with Gasteiger partial charge >= 0.3 is 0 Å². The Morgan fingerprint density at radius 2 is 2.29 bits per heavy atom. The summed E-state index contributed by atoms with van der Waals surface area (Å²) in [5, 5.41) is 7.67. The first-order chi connectivity index (χ1) is 11.7. The zero-order valence-electron chi connectivity index (χ0n) is 13.5. The number of nitrogens with one attached hydrogen (secondary N) is 1. The van der Waals surface area contributed by atoms with E-state index in [1.165, 1.54) is 6.33 Å². The van der Waals surface area contributed by atoms with Crippen molar-refractivity contribution in [2.75, 3.05) is 13.7 Å². The fraction of sp³-hybridized carbons (Fsp3) is 0.353. The monoisotopic (exact) mass is 326 g/mol. The maximum absolute atomic E-state index is 13.0. The van der Waals surface area contributed by atoms with Gasteiger partial charge in [-0.1, -0.05) is 11.6 Å². The summed E-state index contributed by atoms with van der Waals surface area (Å²) in [6.45, 7) is 2.51. The minimum Gasteiger partial charge on any atom is -0.451 e. The van der Waals surface area contributed by atoms with E-state index in [-0.39, 0.29) is 18.1 Å². The second kappa shape index (κ2) is 5.76. The van der Waals surface area contributed by atoms with Crippen LogP contribution in [0.2, 0.25) is 0 Å². The third-order valence-corrected chi connectivity index (χ3v) is 4.49. The van der Waals surface area contributed by atoms with E-state index in [4.69, 9.17) is 9.15 Å². The fourth-order valence-electron chi connectivity index (χ4n) is 3.24. The summed E-state index contributed by atoms with van der Waals surface area (Å²) in [4.78, 5) is 18.9. The number of carbonyl (C=O) groups excluding carboxylic acids is 1. The number of H-pyrrole nitrogens is 1. The Morgan fingerprint density at radius 1 is 1.42 bits per heavy atom. The highest BCUT2D eigenvalue weighted by Gasteiger charge is 2.39. The molecule has 0 unspecified atom stereocenters. The van der Waals surface area contributed by atoms with Gasteiger partial charge in [0.2, 0.25) is 0 Å². The molecule has 1 saturated heterocycles. The molecule has 0 saturated carbocycles. The summed E-state index contributed by atoms with van der Waals surface area (Å²) in [5.74, 6) is 0.830. The van der Waals surface area contributed by atoms with Crippen molar-refractivity contribution < 1.29 is 13.9 Å². The van der Waals surface area contributed by atoms with Crippen LogP contribution < -0.4 is 0 Å². The van der Waals surface area contributed by atoms with Crippen molar-refractivity contribution in [2.45, 2.75) is 25.5 Å². The SMILES string of the molecule is CO[C@@H]1C[C@@H](c2ncn[nH]2)N(C(=O)c2cc3cc(C)ccc3o2)C1. The summed E-state index contributed by atoms with van der Waals surface area (Å²) in [7, 11) is 1.65. The van der Waals surface area contributed by atoms with Gasteiger partial charge in [0.25, 0.3) is 5.91 Å². The number of likely N-dealkylation sites (tertiary alicyclic amines) is 1. The second-order valence-corrected chi connectivity index (χ2v) is 6.09. The molecular formula is C17H18N4O3. The van der Waals surface area contributed by atoms with Gasteiger partial charge in [0.05, 0.1) is 12.1 Å². The molecule has 7 heteroatoms. The van der Waals surface area contributed by atoms with Crippen molar-refractivity contribution >= 4 is 16.9 Å². The quantitative estimate of drug-likeness (QED) is 0.799. The number of methoxy groups -OCH3 is 1. The standard InChI is InChI=1S/C17H18N4O3/c1-10-3-4-14-11(5-10)6-15(24-14)17(22)21-8-12(23-2)7-13(21)16-18-9-19-20-16/h3-6,9,12-13H,7-8H2,1-2H3,(H,18,19,20)/t12-,13+/m1/s1. The molecule has 7 nitrogen and oxygen atoms in total. The van der Waals surface area contributed by atoms with Gasteiger partial charge in [-0.3, -0.25) is 9.89 Å². The Bertz CT molecular complexity index is 871. The Hall–Kier alpha value is -2.67. The molecule has 2 aromatic heterocycles. The average Bonchev–Trinajstić information content (AvgIpc) is 3.31. The number of hydrogen-bond donors (Lipinski definition) is 1. The van der Waals surface area contributed by atoms with E-state index in [1.807, 2.05) is 25.1 Å². The number of furan rings is 1. The number of benzene rings is 1. The lowest BCUT2D eigenvalue weighted by atomic mass is 10.1. The van der Waals surface area contributed by atoms with Crippen LogP contribution in [0.25, 0.3) is 11.0 Å². The lowest BCUT2D eigenvalue weighted by molar-refractivity contribution is 0.0656. The molecule has 124 valence electrons. The van der Waals surface area contributed by atoms with Crippen LogP contribution in [0, 0.1) is 6.92 Å². The summed E-state index contributed by atoms with van der Waals surface area (Å²) in [6, 6.07) is 7.46. The van der Waals surface area contributed by atoms with Crippen molar-refractivity contribution in [3.63, 3.8) is 0 Å². The van der Waals surface area contributed by atoms with E-state index in [9.17, 15) is 4.79 Å². The third kappa shape index (κ3) is 2.46. The number of rotatable bonds is 3. The Balaban J connectivity index is 1.67. The van der Waals surface area contributed by atoms with Crippen molar-refractivity contribution in [3.8, 4) is 0 Å². The van der Waals surface area contributed by atoms with E-state index < -0.39 is 0 Å². The van der Waals surface area contributed by atoms with Gasteiger partial charge in [-0.25, -0.2) is 4.98 Å². The van der Waals surface area contributed by atoms with Crippen molar-refractivity contribution in [2.24, 2.45) is 0 Å². The van der Waals surface area contributed by atoms with Crippen LogP contribution in [0.3, 0.4) is 0 Å². The maximum Gasteiger partial charge on any atom is 0.290 e. The van der Waals surface area contributed by atoms with Crippen LogP contribution in [0.5, 0.6) is 0 Å². The van der Waals surface area contributed by atoms with Crippen molar-refractivity contribution in [1.29, 1.82) is 0 Å². The lowest BCUT2D eigenvalue weighted by Gasteiger charge is -2.21.